The van der Waals surface area contributed by atoms with Crippen LogP contribution in [0.15, 0.2) is 0 Å². The van der Waals surface area contributed by atoms with Gasteiger partial charge in [0.1, 0.15) is 5.78 Å². The Balaban J connectivity index is 1.81. The highest BCUT2D eigenvalue weighted by atomic mass is 16.2. The van der Waals surface area contributed by atoms with Crippen LogP contribution in [-0.2, 0) is 23.1 Å². The highest BCUT2D eigenvalue weighted by Crippen LogP contribution is 2.21. The van der Waals surface area contributed by atoms with Crippen LogP contribution in [-0.4, -0.2) is 28.0 Å². The predicted octanol–water partition coefficient (Wildman–Crippen LogP) is 1.45. The zero-order valence-electron chi connectivity index (χ0n) is 12.5. The zero-order chi connectivity index (χ0) is 14.7. The van der Waals surface area contributed by atoms with Gasteiger partial charge < -0.3 is 5.32 Å². The highest BCUT2D eigenvalue weighted by molar-refractivity contribution is 5.84. The third-order valence-corrected chi connectivity index (χ3v) is 4.25. The van der Waals surface area contributed by atoms with Crippen molar-refractivity contribution < 1.29 is 9.59 Å². The summed E-state index contributed by atoms with van der Waals surface area (Å²) in [6.45, 7) is 4.68. The average molecular weight is 277 g/mol. The van der Waals surface area contributed by atoms with E-state index in [9.17, 15) is 9.59 Å². The van der Waals surface area contributed by atoms with E-state index in [1.54, 1.807) is 0 Å². The van der Waals surface area contributed by atoms with Gasteiger partial charge in [-0.25, -0.2) is 0 Å². The van der Waals surface area contributed by atoms with Crippen molar-refractivity contribution in [3.63, 3.8) is 0 Å². The molecule has 0 unspecified atom stereocenters. The minimum Gasteiger partial charge on any atom is -0.356 e. The molecular formula is C15H23N3O2. The quantitative estimate of drug-likeness (QED) is 0.906. The van der Waals surface area contributed by atoms with Gasteiger partial charge in [-0.2, -0.15) is 5.10 Å². The molecule has 110 valence electrons. The minimum absolute atomic E-state index is 0.0174. The lowest BCUT2D eigenvalue weighted by Gasteiger charge is -2.20. The molecule has 1 fully saturated rings. The molecule has 5 heteroatoms. The molecule has 5 nitrogen and oxygen atoms in total. The highest BCUT2D eigenvalue weighted by Gasteiger charge is 2.24. The molecule has 0 aliphatic heterocycles. The van der Waals surface area contributed by atoms with Crippen LogP contribution < -0.4 is 5.32 Å². The maximum absolute atomic E-state index is 12.0. The molecule has 0 saturated heterocycles. The Bertz CT molecular complexity index is 509. The van der Waals surface area contributed by atoms with E-state index in [0.29, 0.717) is 32.2 Å². The zero-order valence-corrected chi connectivity index (χ0v) is 12.5. The van der Waals surface area contributed by atoms with Crippen LogP contribution in [0.3, 0.4) is 0 Å². The number of nitrogens with zero attached hydrogens (tertiary/aromatic N) is 2. The summed E-state index contributed by atoms with van der Waals surface area (Å²) in [4.78, 5) is 23.2. The number of hydrogen-bond acceptors (Lipinski definition) is 3. The van der Waals surface area contributed by atoms with Gasteiger partial charge in [0, 0.05) is 38.0 Å². The summed E-state index contributed by atoms with van der Waals surface area (Å²) in [6, 6.07) is 0. The van der Waals surface area contributed by atoms with Crippen molar-refractivity contribution in [1.29, 1.82) is 0 Å². The molecule has 1 aliphatic carbocycles. The second-order valence-corrected chi connectivity index (χ2v) is 5.63. The lowest BCUT2D eigenvalue weighted by atomic mass is 9.88. The topological polar surface area (TPSA) is 64.0 Å². The largest absolute Gasteiger partial charge is 0.356 e. The van der Waals surface area contributed by atoms with Crippen molar-refractivity contribution in [3.05, 3.63) is 17.0 Å². The second kappa shape index (κ2) is 6.20. The van der Waals surface area contributed by atoms with E-state index in [0.717, 1.165) is 17.8 Å². The Hall–Kier alpha value is -1.65. The van der Waals surface area contributed by atoms with Gasteiger partial charge in [0.25, 0.3) is 0 Å². The number of carbonyl (C=O) groups is 2. The maximum atomic E-state index is 12.0. The number of amides is 1. The van der Waals surface area contributed by atoms with E-state index in [1.807, 2.05) is 25.6 Å². The first-order valence-corrected chi connectivity index (χ1v) is 7.27. The third-order valence-electron chi connectivity index (χ3n) is 4.25. The molecule has 2 rings (SSSR count). The summed E-state index contributed by atoms with van der Waals surface area (Å²) in [6.07, 6.45) is 3.33. The SMILES string of the molecule is Cc1nn(C)c(C)c1CCNC(=O)C1CCC(=O)CC1. The predicted molar refractivity (Wildman–Crippen MR) is 76.4 cm³/mol. The Morgan fingerprint density at radius 2 is 2.00 bits per heavy atom. The molecule has 0 aromatic carbocycles. The Morgan fingerprint density at radius 1 is 1.35 bits per heavy atom. The number of hydrogen-bond donors (Lipinski definition) is 1. The van der Waals surface area contributed by atoms with E-state index in [2.05, 4.69) is 10.4 Å². The van der Waals surface area contributed by atoms with Gasteiger partial charge >= 0.3 is 0 Å². The molecule has 0 radical (unpaired) electrons. The first-order valence-electron chi connectivity index (χ1n) is 7.27. The summed E-state index contributed by atoms with van der Waals surface area (Å²) in [7, 11) is 1.93. The number of nitrogens with one attached hydrogen (secondary N) is 1. The van der Waals surface area contributed by atoms with Gasteiger partial charge in [-0.1, -0.05) is 0 Å². The van der Waals surface area contributed by atoms with Crippen LogP contribution >= 0.6 is 0 Å². The molecule has 1 heterocycles. The number of rotatable bonds is 4. The summed E-state index contributed by atoms with van der Waals surface area (Å²) in [5.74, 6) is 0.399. The number of carbonyl (C=O) groups excluding carboxylic acids is 2. The van der Waals surface area contributed by atoms with E-state index in [1.165, 1.54) is 5.56 Å². The first-order chi connectivity index (χ1) is 9.49. The molecule has 20 heavy (non-hydrogen) atoms. The van der Waals surface area contributed by atoms with Gasteiger partial charge in [-0.05, 0) is 38.7 Å². The number of aromatic nitrogens is 2. The van der Waals surface area contributed by atoms with Crippen molar-refractivity contribution >= 4 is 11.7 Å². The van der Waals surface area contributed by atoms with Crippen LogP contribution in [0.4, 0.5) is 0 Å². The smallest absolute Gasteiger partial charge is 0.223 e. The fraction of sp³-hybridized carbons (Fsp3) is 0.667. The normalized spacial score (nSPS) is 16.4. The van der Waals surface area contributed by atoms with Crippen LogP contribution in [0.5, 0.6) is 0 Å². The van der Waals surface area contributed by atoms with Crippen molar-refractivity contribution in [2.75, 3.05) is 6.54 Å². The van der Waals surface area contributed by atoms with Gasteiger partial charge in [0.2, 0.25) is 5.91 Å². The Kier molecular flexibility index (Phi) is 4.57. The molecular weight excluding hydrogens is 254 g/mol. The molecule has 0 bridgehead atoms. The Labute approximate surface area is 119 Å². The standard InChI is InChI=1S/C15H23N3O2/c1-10-14(11(2)18(3)17-10)8-9-16-15(20)12-4-6-13(19)7-5-12/h12H,4-9H2,1-3H3,(H,16,20). The van der Waals surface area contributed by atoms with E-state index in [4.69, 9.17) is 0 Å². The molecule has 1 aliphatic rings. The second-order valence-electron chi connectivity index (χ2n) is 5.63. The van der Waals surface area contributed by atoms with Crippen LogP contribution in [0.25, 0.3) is 0 Å². The van der Waals surface area contributed by atoms with Crippen LogP contribution in [0, 0.1) is 19.8 Å². The summed E-state index contributed by atoms with van der Waals surface area (Å²) in [5, 5.41) is 7.37. The fourth-order valence-electron chi connectivity index (χ4n) is 2.84. The fourth-order valence-corrected chi connectivity index (χ4v) is 2.84. The molecule has 0 atom stereocenters. The minimum atomic E-state index is 0.0174. The van der Waals surface area contributed by atoms with E-state index in [-0.39, 0.29) is 17.6 Å². The van der Waals surface area contributed by atoms with Gasteiger partial charge in [-0.3, -0.25) is 14.3 Å². The first kappa shape index (κ1) is 14.8. The summed E-state index contributed by atoms with van der Waals surface area (Å²) >= 11 is 0. The molecule has 1 aromatic rings. The molecule has 1 amide bonds. The number of Topliss-reactive ketones (excluding diaryl/α,β-unsaturated/α-hetero) is 1. The van der Waals surface area contributed by atoms with Gasteiger partial charge in [0.15, 0.2) is 0 Å². The van der Waals surface area contributed by atoms with Gasteiger partial charge in [-0.15, -0.1) is 0 Å². The maximum Gasteiger partial charge on any atom is 0.223 e. The van der Waals surface area contributed by atoms with Crippen molar-refractivity contribution in [3.8, 4) is 0 Å². The molecule has 1 saturated carbocycles. The van der Waals surface area contributed by atoms with Crippen molar-refractivity contribution in [1.82, 2.24) is 15.1 Å². The summed E-state index contributed by atoms with van der Waals surface area (Å²) in [5.41, 5.74) is 3.40. The summed E-state index contributed by atoms with van der Waals surface area (Å²) < 4.78 is 1.87. The molecule has 1 aromatic heterocycles. The average Bonchev–Trinajstić information content (AvgIpc) is 2.65. The third kappa shape index (κ3) is 3.26. The van der Waals surface area contributed by atoms with Gasteiger partial charge in [0.05, 0.1) is 5.69 Å². The molecule has 1 N–H and O–H groups in total. The van der Waals surface area contributed by atoms with Crippen LogP contribution in [0.1, 0.15) is 42.6 Å². The van der Waals surface area contributed by atoms with Crippen molar-refractivity contribution in [2.45, 2.75) is 46.0 Å². The van der Waals surface area contributed by atoms with E-state index < -0.39 is 0 Å². The number of aryl methyl sites for hydroxylation is 2. The van der Waals surface area contributed by atoms with Crippen LogP contribution in [0.2, 0.25) is 0 Å². The number of ketones is 1. The molecule has 0 spiro atoms. The van der Waals surface area contributed by atoms with E-state index >= 15 is 0 Å². The lowest BCUT2D eigenvalue weighted by Crippen LogP contribution is -2.34. The van der Waals surface area contributed by atoms with Crippen molar-refractivity contribution in [2.24, 2.45) is 13.0 Å². The monoisotopic (exact) mass is 277 g/mol. The lowest BCUT2D eigenvalue weighted by molar-refractivity contribution is -0.128. The Morgan fingerprint density at radius 3 is 2.55 bits per heavy atom.